The number of thioether (sulfide) groups is 2. The standard InChI is InChI=1S/C17H14N2O2S2/c1-22-14-7-5-11(6-8-14)9-15-16(21)19-17(23-15)18-12-3-2-4-13(20)10-12/h2-10,20H,1H3,(H,18,19,21)/b15-9+. The van der Waals surface area contributed by atoms with E-state index in [1.54, 1.807) is 36.0 Å². The van der Waals surface area contributed by atoms with Crippen molar-refractivity contribution in [3.05, 3.63) is 59.0 Å². The van der Waals surface area contributed by atoms with Gasteiger partial charge >= 0.3 is 0 Å². The van der Waals surface area contributed by atoms with Crippen LogP contribution in [-0.4, -0.2) is 22.4 Å². The summed E-state index contributed by atoms with van der Waals surface area (Å²) in [4.78, 5) is 18.1. The molecule has 1 saturated heterocycles. The highest BCUT2D eigenvalue weighted by Crippen LogP contribution is 2.29. The normalized spacial score (nSPS) is 17.7. The first-order chi connectivity index (χ1) is 11.1. The van der Waals surface area contributed by atoms with E-state index in [9.17, 15) is 9.90 Å². The number of phenols is 1. The van der Waals surface area contributed by atoms with Gasteiger partial charge in [0.05, 0.1) is 10.6 Å². The lowest BCUT2D eigenvalue weighted by molar-refractivity contribution is -0.115. The van der Waals surface area contributed by atoms with Gasteiger partial charge in [-0.3, -0.25) is 4.79 Å². The van der Waals surface area contributed by atoms with Crippen molar-refractivity contribution in [2.45, 2.75) is 4.90 Å². The highest BCUT2D eigenvalue weighted by molar-refractivity contribution is 8.18. The monoisotopic (exact) mass is 342 g/mol. The summed E-state index contributed by atoms with van der Waals surface area (Å²) < 4.78 is 0. The quantitative estimate of drug-likeness (QED) is 0.654. The maximum atomic E-state index is 12.0. The van der Waals surface area contributed by atoms with Crippen LogP contribution in [0.3, 0.4) is 0 Å². The molecule has 1 aliphatic heterocycles. The third kappa shape index (κ3) is 3.97. The molecule has 0 saturated carbocycles. The Morgan fingerprint density at radius 2 is 2.00 bits per heavy atom. The average Bonchev–Trinajstić information content (AvgIpc) is 2.87. The molecule has 3 rings (SSSR count). The van der Waals surface area contributed by atoms with Crippen LogP contribution in [0.25, 0.3) is 6.08 Å². The number of nitrogens with zero attached hydrogens (tertiary/aromatic N) is 1. The summed E-state index contributed by atoms with van der Waals surface area (Å²) in [6.45, 7) is 0. The summed E-state index contributed by atoms with van der Waals surface area (Å²) in [6.07, 6.45) is 3.87. The predicted molar refractivity (Wildman–Crippen MR) is 97.1 cm³/mol. The number of carbonyl (C=O) groups is 1. The smallest absolute Gasteiger partial charge is 0.264 e. The topological polar surface area (TPSA) is 61.7 Å². The van der Waals surface area contributed by atoms with Crippen LogP contribution < -0.4 is 5.32 Å². The van der Waals surface area contributed by atoms with E-state index >= 15 is 0 Å². The maximum absolute atomic E-state index is 12.0. The molecule has 0 unspecified atom stereocenters. The molecule has 6 heteroatoms. The molecule has 1 amide bonds. The lowest BCUT2D eigenvalue weighted by Crippen LogP contribution is -2.19. The molecule has 4 nitrogen and oxygen atoms in total. The molecule has 0 spiro atoms. The van der Waals surface area contributed by atoms with Crippen LogP contribution in [0.4, 0.5) is 5.69 Å². The van der Waals surface area contributed by atoms with Crippen molar-refractivity contribution in [1.29, 1.82) is 0 Å². The lowest BCUT2D eigenvalue weighted by atomic mass is 10.2. The van der Waals surface area contributed by atoms with E-state index in [0.29, 0.717) is 15.8 Å². The summed E-state index contributed by atoms with van der Waals surface area (Å²) in [5.74, 6) is -0.0198. The fraction of sp³-hybridized carbons (Fsp3) is 0.0588. The van der Waals surface area contributed by atoms with Gasteiger partial charge in [0.1, 0.15) is 5.75 Å². The SMILES string of the molecule is CSc1ccc(/C=C2/SC(=Nc3cccc(O)c3)NC2=O)cc1. The number of aliphatic imine (C=N–C) groups is 1. The molecule has 0 radical (unpaired) electrons. The zero-order valence-corrected chi connectivity index (χ0v) is 13.9. The zero-order valence-electron chi connectivity index (χ0n) is 12.3. The van der Waals surface area contributed by atoms with Gasteiger partial charge in [0.15, 0.2) is 5.17 Å². The van der Waals surface area contributed by atoms with Crippen molar-refractivity contribution < 1.29 is 9.90 Å². The van der Waals surface area contributed by atoms with Gasteiger partial charge in [-0.25, -0.2) is 4.99 Å². The average molecular weight is 342 g/mol. The summed E-state index contributed by atoms with van der Waals surface area (Å²) in [5, 5.41) is 12.7. The highest BCUT2D eigenvalue weighted by Gasteiger charge is 2.23. The number of carbonyl (C=O) groups excluding carboxylic acids is 1. The molecular weight excluding hydrogens is 328 g/mol. The molecular formula is C17H14N2O2S2. The van der Waals surface area contributed by atoms with E-state index in [1.807, 2.05) is 36.6 Å². The Morgan fingerprint density at radius 1 is 1.22 bits per heavy atom. The van der Waals surface area contributed by atoms with Gasteiger partial charge < -0.3 is 10.4 Å². The van der Waals surface area contributed by atoms with Crippen molar-refractivity contribution in [3.63, 3.8) is 0 Å². The Balaban J connectivity index is 1.80. The first-order valence-corrected chi connectivity index (χ1v) is 8.91. The number of nitrogens with one attached hydrogen (secondary N) is 1. The number of hydrogen-bond acceptors (Lipinski definition) is 5. The Kier molecular flexibility index (Phi) is 4.73. The Labute approximate surface area is 142 Å². The van der Waals surface area contributed by atoms with Gasteiger partial charge in [-0.15, -0.1) is 11.8 Å². The van der Waals surface area contributed by atoms with Crippen molar-refractivity contribution in [3.8, 4) is 5.75 Å². The summed E-state index contributed by atoms with van der Waals surface area (Å²) in [7, 11) is 0. The second-order valence-corrected chi connectivity index (χ2v) is 6.69. The molecule has 0 bridgehead atoms. The highest BCUT2D eigenvalue weighted by atomic mass is 32.2. The van der Waals surface area contributed by atoms with Crippen LogP contribution in [-0.2, 0) is 4.79 Å². The number of amidine groups is 1. The fourth-order valence-electron chi connectivity index (χ4n) is 2.01. The molecule has 2 aromatic rings. The minimum Gasteiger partial charge on any atom is -0.508 e. The van der Waals surface area contributed by atoms with Gasteiger partial charge in [-0.1, -0.05) is 18.2 Å². The predicted octanol–water partition coefficient (Wildman–Crippen LogP) is 4.01. The molecule has 2 N–H and O–H groups in total. The molecule has 0 aliphatic carbocycles. The zero-order chi connectivity index (χ0) is 16.2. The fourth-order valence-corrected chi connectivity index (χ4v) is 3.26. The van der Waals surface area contributed by atoms with E-state index in [-0.39, 0.29) is 11.7 Å². The lowest BCUT2D eigenvalue weighted by Gasteiger charge is -1.98. The van der Waals surface area contributed by atoms with E-state index in [1.165, 1.54) is 16.7 Å². The number of aromatic hydroxyl groups is 1. The summed E-state index contributed by atoms with van der Waals surface area (Å²) >= 11 is 2.97. The van der Waals surface area contributed by atoms with E-state index < -0.39 is 0 Å². The van der Waals surface area contributed by atoms with Crippen LogP contribution in [0.5, 0.6) is 5.75 Å². The molecule has 1 aliphatic rings. The van der Waals surface area contributed by atoms with E-state index in [2.05, 4.69) is 10.3 Å². The Hall–Kier alpha value is -2.18. The van der Waals surface area contributed by atoms with Crippen molar-refractivity contribution in [2.24, 2.45) is 4.99 Å². The minimum atomic E-state index is -0.164. The molecule has 23 heavy (non-hydrogen) atoms. The second-order valence-electron chi connectivity index (χ2n) is 4.77. The largest absolute Gasteiger partial charge is 0.508 e. The van der Waals surface area contributed by atoms with Gasteiger partial charge in [0.2, 0.25) is 0 Å². The second kappa shape index (κ2) is 6.93. The first kappa shape index (κ1) is 15.7. The van der Waals surface area contributed by atoms with Gasteiger partial charge in [0.25, 0.3) is 5.91 Å². The molecule has 1 fully saturated rings. The van der Waals surface area contributed by atoms with Crippen molar-refractivity contribution in [1.82, 2.24) is 5.32 Å². The number of hydrogen-bond donors (Lipinski definition) is 2. The third-order valence-corrected chi connectivity index (χ3v) is 4.78. The molecule has 0 aromatic heterocycles. The summed E-state index contributed by atoms with van der Waals surface area (Å²) in [6, 6.07) is 14.6. The van der Waals surface area contributed by atoms with Crippen LogP contribution in [0.15, 0.2) is 63.3 Å². The van der Waals surface area contributed by atoms with Gasteiger partial charge in [-0.2, -0.15) is 0 Å². The molecule has 116 valence electrons. The minimum absolute atomic E-state index is 0.144. The van der Waals surface area contributed by atoms with Crippen LogP contribution in [0, 0.1) is 0 Å². The maximum Gasteiger partial charge on any atom is 0.264 e. The summed E-state index contributed by atoms with van der Waals surface area (Å²) in [5.41, 5.74) is 1.57. The van der Waals surface area contributed by atoms with Crippen molar-refractivity contribution in [2.75, 3.05) is 6.26 Å². The Bertz CT molecular complexity index is 798. The Morgan fingerprint density at radius 3 is 2.70 bits per heavy atom. The third-order valence-electron chi connectivity index (χ3n) is 3.12. The molecule has 2 aromatic carbocycles. The van der Waals surface area contributed by atoms with Crippen LogP contribution in [0.1, 0.15) is 5.56 Å². The van der Waals surface area contributed by atoms with Gasteiger partial charge in [0, 0.05) is 11.0 Å². The first-order valence-electron chi connectivity index (χ1n) is 6.87. The van der Waals surface area contributed by atoms with Gasteiger partial charge in [-0.05, 0) is 53.9 Å². The van der Waals surface area contributed by atoms with Crippen molar-refractivity contribution >= 4 is 46.4 Å². The number of benzene rings is 2. The van der Waals surface area contributed by atoms with E-state index in [0.717, 1.165) is 5.56 Å². The van der Waals surface area contributed by atoms with Crippen LogP contribution in [0.2, 0.25) is 0 Å². The van der Waals surface area contributed by atoms with Crippen LogP contribution >= 0.6 is 23.5 Å². The molecule has 1 heterocycles. The number of phenolic OH excluding ortho intramolecular Hbond substituents is 1. The van der Waals surface area contributed by atoms with E-state index in [4.69, 9.17) is 0 Å². The molecule has 0 atom stereocenters. The number of amides is 1. The number of rotatable bonds is 3.